The summed E-state index contributed by atoms with van der Waals surface area (Å²) < 4.78 is 2.48. The number of rotatable bonds is 3. The average molecular weight is 386 g/mol. The van der Waals surface area contributed by atoms with Crippen molar-refractivity contribution in [2.45, 2.75) is 63.6 Å². The van der Waals surface area contributed by atoms with E-state index in [1.807, 2.05) is 6.07 Å². The van der Waals surface area contributed by atoms with E-state index in [4.69, 9.17) is 11.6 Å². The van der Waals surface area contributed by atoms with Gasteiger partial charge in [-0.3, -0.25) is 9.69 Å². The maximum Gasteiger partial charge on any atom is 0.222 e. The summed E-state index contributed by atoms with van der Waals surface area (Å²) >= 11 is 6.38. The standard InChI is InChI=1S/C22H28ClN3O/c1-24-16-5-4-6-18(24)22-17-9-8-15(23)13-19(17)26(20(22)14-16)12-11-25-10-3-2-7-21(25)27/h8-9,13,16,18H,2-7,10-12,14H2,1H3. The molecule has 3 aliphatic rings. The molecule has 0 saturated carbocycles. The zero-order valence-electron chi connectivity index (χ0n) is 16.1. The summed E-state index contributed by atoms with van der Waals surface area (Å²) in [6.45, 7) is 2.60. The summed E-state index contributed by atoms with van der Waals surface area (Å²) in [7, 11) is 2.29. The molecule has 2 atom stereocenters. The molecule has 5 heteroatoms. The fraction of sp³-hybridized carbons (Fsp3) is 0.591. The third kappa shape index (κ3) is 2.89. The van der Waals surface area contributed by atoms with Gasteiger partial charge in [0.25, 0.3) is 0 Å². The first-order valence-corrected chi connectivity index (χ1v) is 10.8. The number of nitrogens with zero attached hydrogens (tertiary/aromatic N) is 3. The Morgan fingerprint density at radius 1 is 1.15 bits per heavy atom. The van der Waals surface area contributed by atoms with Gasteiger partial charge in [0.1, 0.15) is 0 Å². The Morgan fingerprint density at radius 2 is 2.04 bits per heavy atom. The lowest BCUT2D eigenvalue weighted by molar-refractivity contribution is -0.133. The molecular weight excluding hydrogens is 358 g/mol. The monoisotopic (exact) mass is 385 g/mol. The number of aromatic nitrogens is 1. The van der Waals surface area contributed by atoms with Gasteiger partial charge in [-0.05, 0) is 56.8 Å². The summed E-state index contributed by atoms with van der Waals surface area (Å²) in [5.74, 6) is 0.321. The van der Waals surface area contributed by atoms with Gasteiger partial charge < -0.3 is 9.47 Å². The highest BCUT2D eigenvalue weighted by Gasteiger charge is 2.38. The third-order valence-corrected chi connectivity index (χ3v) is 7.27. The Hall–Kier alpha value is -1.52. The fourth-order valence-corrected chi connectivity index (χ4v) is 5.76. The molecule has 2 bridgehead atoms. The number of likely N-dealkylation sites (N-methyl/N-ethyl adjacent to an activating group) is 1. The van der Waals surface area contributed by atoms with E-state index in [0.29, 0.717) is 24.4 Å². The smallest absolute Gasteiger partial charge is 0.222 e. The summed E-state index contributed by atoms with van der Waals surface area (Å²) in [6.07, 6.45) is 7.86. The van der Waals surface area contributed by atoms with Crippen LogP contribution in [-0.2, 0) is 17.8 Å². The largest absolute Gasteiger partial charge is 0.342 e. The van der Waals surface area contributed by atoms with Crippen LogP contribution in [0.25, 0.3) is 10.9 Å². The summed E-state index contributed by atoms with van der Waals surface area (Å²) in [4.78, 5) is 16.9. The predicted octanol–water partition coefficient (Wildman–Crippen LogP) is 4.39. The first-order valence-electron chi connectivity index (χ1n) is 10.4. The number of hydrogen-bond acceptors (Lipinski definition) is 2. The van der Waals surface area contributed by atoms with Crippen LogP contribution in [0.4, 0.5) is 0 Å². The van der Waals surface area contributed by atoms with Crippen molar-refractivity contribution < 1.29 is 4.79 Å². The third-order valence-electron chi connectivity index (χ3n) is 7.04. The number of benzene rings is 1. The number of fused-ring (bicyclic) bond motifs is 6. The van der Waals surface area contributed by atoms with Crippen LogP contribution >= 0.6 is 11.6 Å². The lowest BCUT2D eigenvalue weighted by Gasteiger charge is -2.44. The van der Waals surface area contributed by atoms with Crippen LogP contribution in [0.3, 0.4) is 0 Å². The van der Waals surface area contributed by atoms with Crippen molar-refractivity contribution >= 4 is 28.4 Å². The Kier molecular flexibility index (Phi) is 4.44. The highest BCUT2D eigenvalue weighted by molar-refractivity contribution is 6.31. The van der Waals surface area contributed by atoms with Gasteiger partial charge >= 0.3 is 0 Å². The molecule has 0 radical (unpaired) electrons. The minimum Gasteiger partial charge on any atom is -0.342 e. The van der Waals surface area contributed by atoms with E-state index < -0.39 is 0 Å². The number of carbonyl (C=O) groups is 1. The number of amides is 1. The van der Waals surface area contributed by atoms with Gasteiger partial charge in [-0.1, -0.05) is 17.7 Å². The second-order valence-electron chi connectivity index (χ2n) is 8.48. The second-order valence-corrected chi connectivity index (χ2v) is 8.92. The van der Waals surface area contributed by atoms with Crippen molar-refractivity contribution in [1.82, 2.24) is 14.4 Å². The maximum atomic E-state index is 12.3. The van der Waals surface area contributed by atoms with E-state index >= 15 is 0 Å². The number of piperidine rings is 2. The molecule has 0 N–H and O–H groups in total. The highest BCUT2D eigenvalue weighted by atomic mass is 35.5. The second kappa shape index (κ2) is 6.82. The number of likely N-dealkylation sites (tertiary alicyclic amines) is 1. The summed E-state index contributed by atoms with van der Waals surface area (Å²) in [5, 5.41) is 2.15. The molecule has 5 rings (SSSR count). The molecule has 0 aliphatic carbocycles. The topological polar surface area (TPSA) is 28.5 Å². The van der Waals surface area contributed by atoms with Crippen LogP contribution in [0.2, 0.25) is 5.02 Å². The number of carbonyl (C=O) groups excluding carboxylic acids is 1. The minimum absolute atomic E-state index is 0.321. The van der Waals surface area contributed by atoms with Gasteiger partial charge in [-0.2, -0.15) is 0 Å². The Labute approximate surface area is 166 Å². The quantitative estimate of drug-likeness (QED) is 0.783. The van der Waals surface area contributed by atoms with Crippen LogP contribution in [0.15, 0.2) is 18.2 Å². The van der Waals surface area contributed by atoms with Crippen molar-refractivity contribution in [2.75, 3.05) is 20.1 Å². The van der Waals surface area contributed by atoms with Gasteiger partial charge in [0.15, 0.2) is 0 Å². The van der Waals surface area contributed by atoms with Crippen molar-refractivity contribution in [3.8, 4) is 0 Å². The molecule has 1 amide bonds. The van der Waals surface area contributed by atoms with E-state index in [2.05, 4.69) is 33.5 Å². The normalized spacial score (nSPS) is 25.9. The Bertz CT molecular complexity index is 889. The van der Waals surface area contributed by atoms with Crippen LogP contribution in [0, 0.1) is 0 Å². The van der Waals surface area contributed by atoms with Crippen molar-refractivity contribution in [3.63, 3.8) is 0 Å². The molecular formula is C22H28ClN3O. The Morgan fingerprint density at radius 3 is 2.89 bits per heavy atom. The molecule has 2 saturated heterocycles. The summed E-state index contributed by atoms with van der Waals surface area (Å²) in [5.41, 5.74) is 4.26. The molecule has 4 heterocycles. The molecule has 144 valence electrons. The van der Waals surface area contributed by atoms with Gasteiger partial charge in [-0.25, -0.2) is 0 Å². The summed E-state index contributed by atoms with van der Waals surface area (Å²) in [6, 6.07) is 7.52. The van der Waals surface area contributed by atoms with E-state index in [-0.39, 0.29) is 0 Å². The molecule has 1 aromatic carbocycles. The predicted molar refractivity (Wildman–Crippen MR) is 109 cm³/mol. The number of hydrogen-bond donors (Lipinski definition) is 0. The van der Waals surface area contributed by atoms with Gasteiger partial charge in [0.2, 0.25) is 5.91 Å². The molecule has 2 aromatic rings. The maximum absolute atomic E-state index is 12.3. The molecule has 0 spiro atoms. The van der Waals surface area contributed by atoms with Gasteiger partial charge in [0, 0.05) is 60.7 Å². The lowest BCUT2D eigenvalue weighted by atomic mass is 9.82. The van der Waals surface area contributed by atoms with Gasteiger partial charge in [-0.15, -0.1) is 0 Å². The van der Waals surface area contributed by atoms with Gasteiger partial charge in [0.05, 0.1) is 5.52 Å². The van der Waals surface area contributed by atoms with Crippen LogP contribution in [0.1, 0.15) is 55.8 Å². The lowest BCUT2D eigenvalue weighted by Crippen LogP contribution is -2.44. The highest BCUT2D eigenvalue weighted by Crippen LogP contribution is 2.45. The molecule has 27 heavy (non-hydrogen) atoms. The average Bonchev–Trinajstić information content (AvgIpc) is 2.93. The van der Waals surface area contributed by atoms with Crippen molar-refractivity contribution in [3.05, 3.63) is 34.5 Å². The zero-order chi connectivity index (χ0) is 18.5. The Balaban J connectivity index is 1.56. The van der Waals surface area contributed by atoms with E-state index in [9.17, 15) is 4.79 Å². The molecule has 2 fully saturated rings. The first kappa shape index (κ1) is 17.6. The van der Waals surface area contributed by atoms with Crippen LogP contribution < -0.4 is 0 Å². The molecule has 1 aromatic heterocycles. The molecule has 4 nitrogen and oxygen atoms in total. The molecule has 2 unspecified atom stereocenters. The number of halogens is 1. The first-order chi connectivity index (χ1) is 13.1. The zero-order valence-corrected chi connectivity index (χ0v) is 16.8. The van der Waals surface area contributed by atoms with Crippen molar-refractivity contribution in [2.24, 2.45) is 0 Å². The fourth-order valence-electron chi connectivity index (χ4n) is 5.59. The van der Waals surface area contributed by atoms with Crippen LogP contribution in [0.5, 0.6) is 0 Å². The van der Waals surface area contributed by atoms with E-state index in [1.165, 1.54) is 41.4 Å². The van der Waals surface area contributed by atoms with E-state index in [1.54, 1.807) is 0 Å². The van der Waals surface area contributed by atoms with Crippen LogP contribution in [-0.4, -0.2) is 46.5 Å². The van der Waals surface area contributed by atoms with Crippen molar-refractivity contribution in [1.29, 1.82) is 0 Å². The minimum atomic E-state index is 0.321. The van der Waals surface area contributed by atoms with E-state index in [0.717, 1.165) is 43.9 Å². The SMILES string of the molecule is CN1C2CCCC1c1c(n(CCN3CCCCC3=O)c3cc(Cl)ccc13)C2. The molecule has 3 aliphatic heterocycles.